The van der Waals surface area contributed by atoms with Crippen molar-refractivity contribution in [3.8, 4) is 5.75 Å². The molecule has 4 atom stereocenters. The van der Waals surface area contributed by atoms with Crippen LogP contribution < -0.4 is 15.0 Å². The van der Waals surface area contributed by atoms with E-state index in [1.165, 1.54) is 12.1 Å². The second-order valence-corrected chi connectivity index (χ2v) is 10.9. The van der Waals surface area contributed by atoms with Crippen molar-refractivity contribution in [2.45, 2.75) is 89.3 Å². The van der Waals surface area contributed by atoms with Gasteiger partial charge in [0, 0.05) is 24.8 Å². The smallest absolute Gasteiger partial charge is 0.350 e. The molecule has 3 aliphatic rings. The number of nitrogens with one attached hydrogen (secondary N) is 1. The van der Waals surface area contributed by atoms with E-state index < -0.39 is 23.6 Å². The van der Waals surface area contributed by atoms with Crippen molar-refractivity contribution < 1.29 is 18.3 Å². The molecular weight excluding hydrogens is 474 g/mol. The van der Waals surface area contributed by atoms with Crippen molar-refractivity contribution >= 4 is 17.6 Å². The molecule has 2 aliphatic heterocycles. The maximum absolute atomic E-state index is 14.6. The quantitative estimate of drug-likeness (QED) is 0.529. The molecule has 2 heterocycles. The first-order valence-electron chi connectivity index (χ1n) is 13.3. The van der Waals surface area contributed by atoms with Crippen LogP contribution in [-0.2, 0) is 6.54 Å². The van der Waals surface area contributed by atoms with E-state index >= 15 is 0 Å². The van der Waals surface area contributed by atoms with Gasteiger partial charge < -0.3 is 10.1 Å². The number of alkyl halides is 1. The van der Waals surface area contributed by atoms with Crippen LogP contribution in [0.25, 0.3) is 0 Å². The first kappa shape index (κ1) is 25.6. The van der Waals surface area contributed by atoms with Crippen LogP contribution in [0.1, 0.15) is 58.4 Å². The molecule has 1 saturated carbocycles. The fourth-order valence-electron chi connectivity index (χ4n) is 6.08. The largest absolute Gasteiger partial charge is 0.491 e. The lowest BCUT2D eigenvalue weighted by Crippen LogP contribution is -2.64. The summed E-state index contributed by atoms with van der Waals surface area (Å²) in [6, 6.07) is 13.6. The van der Waals surface area contributed by atoms with Gasteiger partial charge >= 0.3 is 6.03 Å². The highest BCUT2D eigenvalue weighted by Gasteiger charge is 2.54. The van der Waals surface area contributed by atoms with Gasteiger partial charge in [0.15, 0.2) is 0 Å². The first-order valence-corrected chi connectivity index (χ1v) is 13.3. The fraction of sp³-hybridized carbons (Fsp3) is 0.517. The molecule has 1 spiro atoms. The van der Waals surface area contributed by atoms with Gasteiger partial charge in [-0.3, -0.25) is 9.80 Å². The summed E-state index contributed by atoms with van der Waals surface area (Å²) in [5.74, 6) is 0.967. The second-order valence-electron chi connectivity index (χ2n) is 10.9. The predicted octanol–water partition coefficient (Wildman–Crippen LogP) is 5.85. The Bertz CT molecular complexity index is 1170. The molecule has 2 aromatic rings. The molecule has 1 N–H and O–H groups in total. The number of nitrogens with zero attached hydrogens (tertiary/aromatic N) is 3. The van der Waals surface area contributed by atoms with E-state index in [-0.39, 0.29) is 18.2 Å². The molecule has 0 radical (unpaired) electrons. The number of hydrogen-bond acceptors (Lipinski definition) is 4. The zero-order valence-corrected chi connectivity index (χ0v) is 21.8. The Kier molecular flexibility index (Phi) is 7.21. The van der Waals surface area contributed by atoms with Gasteiger partial charge in [0.25, 0.3) is 0 Å². The van der Waals surface area contributed by atoms with Crippen LogP contribution in [-0.4, -0.2) is 53.2 Å². The minimum absolute atomic E-state index is 0.0992. The van der Waals surface area contributed by atoms with Crippen LogP contribution in [0.2, 0.25) is 0 Å². The number of amides is 2. The SMILES string of the molecule is CC(C)Oc1cccc(CN2CC[C@@]3(C[C@@H]2C)C(N[C@@H]2CCC[C@H]2F)=NC(=O)N3c2cccc(F)c2)c1. The zero-order chi connectivity index (χ0) is 26.2. The van der Waals surface area contributed by atoms with E-state index in [4.69, 9.17) is 4.74 Å². The highest BCUT2D eigenvalue weighted by Crippen LogP contribution is 2.41. The average Bonchev–Trinajstić information content (AvgIpc) is 3.35. The Labute approximate surface area is 217 Å². The molecule has 2 fully saturated rings. The third-order valence-electron chi connectivity index (χ3n) is 7.81. The summed E-state index contributed by atoms with van der Waals surface area (Å²) < 4.78 is 34.7. The number of benzene rings is 2. The van der Waals surface area contributed by atoms with Gasteiger partial charge in [-0.05, 0) is 88.8 Å². The Morgan fingerprint density at radius 3 is 2.70 bits per heavy atom. The van der Waals surface area contributed by atoms with Crippen LogP contribution in [0.5, 0.6) is 5.75 Å². The Hall–Kier alpha value is -3.00. The molecule has 0 aromatic heterocycles. The number of amidine groups is 1. The van der Waals surface area contributed by atoms with Gasteiger partial charge in [-0.25, -0.2) is 13.6 Å². The molecule has 6 nitrogen and oxygen atoms in total. The highest BCUT2D eigenvalue weighted by atomic mass is 19.1. The number of urea groups is 1. The molecule has 1 saturated heterocycles. The summed E-state index contributed by atoms with van der Waals surface area (Å²) >= 11 is 0. The van der Waals surface area contributed by atoms with E-state index in [1.54, 1.807) is 17.0 Å². The van der Waals surface area contributed by atoms with E-state index in [0.717, 1.165) is 24.3 Å². The summed E-state index contributed by atoms with van der Waals surface area (Å²) in [6.45, 7) is 7.62. The van der Waals surface area contributed by atoms with Crippen molar-refractivity contribution in [2.75, 3.05) is 11.4 Å². The molecule has 2 amide bonds. The van der Waals surface area contributed by atoms with Crippen molar-refractivity contribution in [2.24, 2.45) is 4.99 Å². The van der Waals surface area contributed by atoms with E-state index in [9.17, 15) is 13.6 Å². The number of anilines is 1. The van der Waals surface area contributed by atoms with Crippen LogP contribution in [0, 0.1) is 5.82 Å². The number of carbonyl (C=O) groups is 1. The third-order valence-corrected chi connectivity index (χ3v) is 7.81. The predicted molar refractivity (Wildman–Crippen MR) is 141 cm³/mol. The average molecular weight is 511 g/mol. The van der Waals surface area contributed by atoms with Crippen molar-refractivity contribution in [3.63, 3.8) is 0 Å². The summed E-state index contributed by atoms with van der Waals surface area (Å²) in [5.41, 5.74) is 0.864. The van der Waals surface area contributed by atoms with Crippen molar-refractivity contribution in [3.05, 3.63) is 59.9 Å². The Balaban J connectivity index is 1.41. The Morgan fingerprint density at radius 1 is 1.19 bits per heavy atom. The number of hydrogen-bond donors (Lipinski definition) is 1. The van der Waals surface area contributed by atoms with Gasteiger partial charge in [0.1, 0.15) is 29.1 Å². The number of piperidine rings is 1. The normalized spacial score (nSPS) is 28.3. The molecule has 198 valence electrons. The number of halogens is 2. The lowest BCUT2D eigenvalue weighted by molar-refractivity contribution is 0.121. The summed E-state index contributed by atoms with van der Waals surface area (Å²) in [4.78, 5) is 21.7. The van der Waals surface area contributed by atoms with Gasteiger partial charge in [-0.15, -0.1) is 0 Å². The number of ether oxygens (including phenoxy) is 1. The van der Waals surface area contributed by atoms with Crippen LogP contribution in [0.3, 0.4) is 0 Å². The van der Waals surface area contributed by atoms with Crippen LogP contribution in [0.4, 0.5) is 19.3 Å². The second kappa shape index (κ2) is 10.4. The fourth-order valence-corrected chi connectivity index (χ4v) is 6.08. The molecule has 5 rings (SSSR count). The molecular formula is C29H36F2N4O2. The van der Waals surface area contributed by atoms with Crippen LogP contribution >= 0.6 is 0 Å². The first-order chi connectivity index (χ1) is 17.7. The molecule has 37 heavy (non-hydrogen) atoms. The molecule has 0 unspecified atom stereocenters. The topological polar surface area (TPSA) is 57.2 Å². The highest BCUT2D eigenvalue weighted by molar-refractivity contribution is 6.16. The third kappa shape index (κ3) is 5.21. The van der Waals surface area contributed by atoms with Gasteiger partial charge in [-0.2, -0.15) is 4.99 Å². The molecule has 1 aliphatic carbocycles. The maximum Gasteiger partial charge on any atom is 0.350 e. The van der Waals surface area contributed by atoms with Gasteiger partial charge in [0.05, 0.1) is 12.1 Å². The van der Waals surface area contributed by atoms with E-state index in [1.807, 2.05) is 26.0 Å². The minimum atomic E-state index is -0.962. The van der Waals surface area contributed by atoms with Gasteiger partial charge in [-0.1, -0.05) is 18.2 Å². The number of rotatable bonds is 6. The zero-order valence-electron chi connectivity index (χ0n) is 21.8. The van der Waals surface area contributed by atoms with Crippen molar-refractivity contribution in [1.29, 1.82) is 0 Å². The van der Waals surface area contributed by atoms with E-state index in [0.29, 0.717) is 43.8 Å². The maximum atomic E-state index is 14.6. The van der Waals surface area contributed by atoms with E-state index in [2.05, 4.69) is 34.3 Å². The monoisotopic (exact) mass is 510 g/mol. The van der Waals surface area contributed by atoms with Gasteiger partial charge in [0.2, 0.25) is 0 Å². The lowest BCUT2D eigenvalue weighted by Gasteiger charge is -2.48. The Morgan fingerprint density at radius 2 is 2.00 bits per heavy atom. The number of likely N-dealkylation sites (tertiary alicyclic amines) is 1. The summed E-state index contributed by atoms with van der Waals surface area (Å²) in [6.07, 6.45) is 2.39. The molecule has 8 heteroatoms. The number of aliphatic imine (C=N–C) groups is 1. The molecule has 2 aromatic carbocycles. The number of carbonyl (C=O) groups excluding carboxylic acids is 1. The van der Waals surface area contributed by atoms with Crippen molar-refractivity contribution in [1.82, 2.24) is 10.2 Å². The standard InChI is InChI=1S/C29H36F2N4O2/c1-19(2)37-24-10-4-7-21(15-24)18-34-14-13-29(17-20(34)3)27(32-26-12-6-11-25(26)31)33-28(36)35(29)23-9-5-8-22(30)16-23/h4-5,7-10,15-16,19-20,25-26H,6,11-14,17-18H2,1-3H3,(H,32,33,36)/t20-,25+,26+,29+/m0/s1. The molecule has 0 bridgehead atoms. The minimum Gasteiger partial charge on any atom is -0.491 e. The van der Waals surface area contributed by atoms with Crippen LogP contribution in [0.15, 0.2) is 53.5 Å². The lowest BCUT2D eigenvalue weighted by atomic mass is 9.80. The summed E-state index contributed by atoms with van der Waals surface area (Å²) in [7, 11) is 0. The summed E-state index contributed by atoms with van der Waals surface area (Å²) in [5, 5.41) is 3.33.